The second-order valence-electron chi connectivity index (χ2n) is 3.18. The number of aromatic nitrogens is 1. The van der Waals surface area contributed by atoms with Crippen molar-refractivity contribution in [2.24, 2.45) is 0 Å². The lowest BCUT2D eigenvalue weighted by Gasteiger charge is -2.02. The zero-order valence-electron chi connectivity index (χ0n) is 7.87. The Morgan fingerprint density at radius 2 is 1.80 bits per heavy atom. The van der Waals surface area contributed by atoms with Gasteiger partial charge in [0, 0.05) is 16.2 Å². The summed E-state index contributed by atoms with van der Waals surface area (Å²) >= 11 is 3.44. The highest BCUT2D eigenvalue weighted by molar-refractivity contribution is 9.10. The highest BCUT2D eigenvalue weighted by atomic mass is 79.9. The van der Waals surface area contributed by atoms with Crippen LogP contribution in [0.15, 0.2) is 47.1 Å². The Hall–Kier alpha value is -1.15. The lowest BCUT2D eigenvalue weighted by atomic mass is 10.1. The molecule has 2 rings (SSSR count). The molecule has 0 unspecified atom stereocenters. The van der Waals surface area contributed by atoms with E-state index < -0.39 is 0 Å². The third kappa shape index (κ3) is 2.66. The maximum absolute atomic E-state index is 4.36. The van der Waals surface area contributed by atoms with E-state index in [0.717, 1.165) is 15.7 Å². The quantitative estimate of drug-likeness (QED) is 0.741. The zero-order valence-corrected chi connectivity index (χ0v) is 9.45. The van der Waals surface area contributed by atoms with Crippen molar-refractivity contribution < 1.29 is 0 Å². The van der Waals surface area contributed by atoms with Gasteiger partial charge in [-0.15, -0.1) is 0 Å². The van der Waals surface area contributed by atoms with E-state index >= 15 is 0 Å². The average Bonchev–Trinajstić information content (AvgIpc) is 2.23. The van der Waals surface area contributed by atoms with Crippen molar-refractivity contribution in [3.05, 3.63) is 52.6 Å². The molecule has 0 spiro atoms. The van der Waals surface area contributed by atoms with Gasteiger partial charge in [-0.2, -0.15) is 0 Å². The van der Waals surface area contributed by atoms with E-state index in [1.54, 1.807) is 0 Å². The monoisotopic (exact) mass is 263 g/mol. The summed E-state index contributed by atoms with van der Waals surface area (Å²) in [6.07, 6.45) is 1.84. The van der Waals surface area contributed by atoms with Gasteiger partial charge in [0.25, 0.3) is 0 Å². The summed E-state index contributed by atoms with van der Waals surface area (Å²) in [6, 6.07) is 12.3. The number of rotatable bonds is 1. The fraction of sp³-hybridized carbons (Fsp3) is 0.154. The van der Waals surface area contributed by atoms with Gasteiger partial charge in [0.15, 0.2) is 0 Å². The van der Waals surface area contributed by atoms with E-state index in [2.05, 4.69) is 46.0 Å². The number of halogens is 1. The standard InChI is InChI=1S/C12H10BrN.CH4/c1-9-7-12(14-8-11(9)13)10-5-3-2-4-6-10;/h2-8H,1H3;1H4. The Balaban J connectivity index is 0.00000112. The van der Waals surface area contributed by atoms with Gasteiger partial charge in [-0.1, -0.05) is 37.8 Å². The molecule has 0 atom stereocenters. The Morgan fingerprint density at radius 3 is 2.40 bits per heavy atom. The highest BCUT2D eigenvalue weighted by Gasteiger charge is 2.00. The van der Waals surface area contributed by atoms with Gasteiger partial charge >= 0.3 is 0 Å². The lowest BCUT2D eigenvalue weighted by Crippen LogP contribution is -1.85. The Labute approximate surface area is 99.3 Å². The van der Waals surface area contributed by atoms with Crippen LogP contribution in [0.2, 0.25) is 0 Å². The van der Waals surface area contributed by atoms with Crippen LogP contribution >= 0.6 is 15.9 Å². The van der Waals surface area contributed by atoms with Crippen LogP contribution in [0.25, 0.3) is 11.3 Å². The molecule has 15 heavy (non-hydrogen) atoms. The van der Waals surface area contributed by atoms with Crippen LogP contribution < -0.4 is 0 Å². The fourth-order valence-electron chi connectivity index (χ4n) is 1.31. The molecule has 0 bridgehead atoms. The number of aryl methyl sites for hydroxylation is 1. The van der Waals surface area contributed by atoms with Crippen LogP contribution in [0, 0.1) is 6.92 Å². The SMILES string of the molecule is C.Cc1cc(-c2ccccc2)ncc1Br. The second kappa shape index (κ2) is 5.08. The summed E-state index contributed by atoms with van der Waals surface area (Å²) in [5.74, 6) is 0. The average molecular weight is 264 g/mol. The third-order valence-corrected chi connectivity index (χ3v) is 2.95. The van der Waals surface area contributed by atoms with Crippen LogP contribution in [0.4, 0.5) is 0 Å². The van der Waals surface area contributed by atoms with Gasteiger partial charge in [-0.05, 0) is 34.5 Å². The smallest absolute Gasteiger partial charge is 0.0705 e. The van der Waals surface area contributed by atoms with E-state index in [-0.39, 0.29) is 7.43 Å². The summed E-state index contributed by atoms with van der Waals surface area (Å²) in [7, 11) is 0. The van der Waals surface area contributed by atoms with E-state index in [4.69, 9.17) is 0 Å². The molecule has 0 amide bonds. The molecule has 1 aromatic carbocycles. The van der Waals surface area contributed by atoms with Crippen molar-refractivity contribution in [2.45, 2.75) is 14.4 Å². The Kier molecular flexibility index (Phi) is 4.04. The molecule has 0 aliphatic rings. The molecule has 0 fully saturated rings. The molecule has 0 aliphatic heterocycles. The van der Waals surface area contributed by atoms with Gasteiger partial charge < -0.3 is 0 Å². The van der Waals surface area contributed by atoms with E-state index in [0.29, 0.717) is 0 Å². The minimum atomic E-state index is 0. The van der Waals surface area contributed by atoms with E-state index in [1.165, 1.54) is 5.56 Å². The summed E-state index contributed by atoms with van der Waals surface area (Å²) in [4.78, 5) is 4.36. The van der Waals surface area contributed by atoms with Crippen LogP contribution in [-0.2, 0) is 0 Å². The number of pyridine rings is 1. The second-order valence-corrected chi connectivity index (χ2v) is 4.04. The van der Waals surface area contributed by atoms with Crippen molar-refractivity contribution in [3.8, 4) is 11.3 Å². The van der Waals surface area contributed by atoms with Crippen LogP contribution in [0.1, 0.15) is 13.0 Å². The maximum Gasteiger partial charge on any atom is 0.0705 e. The first-order valence-electron chi connectivity index (χ1n) is 4.45. The Morgan fingerprint density at radius 1 is 1.13 bits per heavy atom. The van der Waals surface area contributed by atoms with Crippen molar-refractivity contribution in [1.82, 2.24) is 4.98 Å². The number of nitrogens with zero attached hydrogens (tertiary/aromatic N) is 1. The van der Waals surface area contributed by atoms with Crippen molar-refractivity contribution in [1.29, 1.82) is 0 Å². The molecule has 0 radical (unpaired) electrons. The van der Waals surface area contributed by atoms with Crippen molar-refractivity contribution in [3.63, 3.8) is 0 Å². The van der Waals surface area contributed by atoms with Gasteiger partial charge in [-0.3, -0.25) is 4.98 Å². The first-order chi connectivity index (χ1) is 6.77. The molecule has 0 saturated heterocycles. The molecule has 0 N–H and O–H groups in total. The topological polar surface area (TPSA) is 12.9 Å². The highest BCUT2D eigenvalue weighted by Crippen LogP contribution is 2.21. The fourth-order valence-corrected chi connectivity index (χ4v) is 1.52. The molecule has 1 heterocycles. The van der Waals surface area contributed by atoms with Crippen LogP contribution in [-0.4, -0.2) is 4.98 Å². The largest absolute Gasteiger partial charge is 0.255 e. The van der Waals surface area contributed by atoms with Crippen molar-refractivity contribution in [2.75, 3.05) is 0 Å². The number of hydrogen-bond acceptors (Lipinski definition) is 1. The summed E-state index contributed by atoms with van der Waals surface area (Å²) in [6.45, 7) is 2.07. The lowest BCUT2D eigenvalue weighted by molar-refractivity contribution is 1.26. The predicted octanol–water partition coefficient (Wildman–Crippen LogP) is 4.46. The summed E-state index contributed by atoms with van der Waals surface area (Å²) < 4.78 is 1.05. The zero-order chi connectivity index (χ0) is 9.97. The predicted molar refractivity (Wildman–Crippen MR) is 68.8 cm³/mol. The van der Waals surface area contributed by atoms with Gasteiger partial charge in [0.2, 0.25) is 0 Å². The molecule has 2 heteroatoms. The van der Waals surface area contributed by atoms with E-state index in [1.807, 2.05) is 24.4 Å². The molecule has 0 saturated carbocycles. The van der Waals surface area contributed by atoms with Crippen LogP contribution in [0.5, 0.6) is 0 Å². The number of benzene rings is 1. The maximum atomic E-state index is 4.36. The summed E-state index contributed by atoms with van der Waals surface area (Å²) in [5, 5.41) is 0. The molecule has 78 valence electrons. The molecular formula is C13H14BrN. The number of hydrogen-bond donors (Lipinski definition) is 0. The molecule has 1 nitrogen and oxygen atoms in total. The third-order valence-electron chi connectivity index (χ3n) is 2.12. The minimum absolute atomic E-state index is 0. The molecule has 1 aromatic heterocycles. The van der Waals surface area contributed by atoms with Gasteiger partial charge in [0.1, 0.15) is 0 Å². The molecule has 0 aliphatic carbocycles. The molecular weight excluding hydrogens is 250 g/mol. The van der Waals surface area contributed by atoms with Gasteiger partial charge in [0.05, 0.1) is 5.69 Å². The first kappa shape index (κ1) is 11.9. The Bertz CT molecular complexity index is 438. The molecule has 2 aromatic rings. The van der Waals surface area contributed by atoms with Gasteiger partial charge in [-0.25, -0.2) is 0 Å². The summed E-state index contributed by atoms with van der Waals surface area (Å²) in [5.41, 5.74) is 3.38. The van der Waals surface area contributed by atoms with E-state index in [9.17, 15) is 0 Å². The first-order valence-corrected chi connectivity index (χ1v) is 5.24. The minimum Gasteiger partial charge on any atom is -0.255 e. The van der Waals surface area contributed by atoms with Crippen LogP contribution in [0.3, 0.4) is 0 Å². The van der Waals surface area contributed by atoms with Crippen molar-refractivity contribution >= 4 is 15.9 Å². The normalized spacial score (nSPS) is 9.47.